The molecule has 7 nitrogen and oxygen atoms in total. The third-order valence-electron chi connectivity index (χ3n) is 6.64. The molecular weight excluding hydrogens is 568 g/mol. The predicted molar refractivity (Wildman–Crippen MR) is 165 cm³/mol. The number of hydrogen-bond acceptors (Lipinski definition) is 5. The zero-order valence-electron chi connectivity index (χ0n) is 22.4. The fraction of sp³-hybridized carbons (Fsp3) is 0.188. The number of fused-ring (bicyclic) bond motifs is 2. The number of rotatable bonds is 9. The number of unbranched alkanes of at least 4 members (excludes halogenated alkanes) is 1. The van der Waals surface area contributed by atoms with Crippen LogP contribution in [0, 0.1) is 6.92 Å². The van der Waals surface area contributed by atoms with Crippen molar-refractivity contribution in [2.45, 2.75) is 33.1 Å². The lowest BCUT2D eigenvalue weighted by molar-refractivity contribution is -0.118. The number of nitrogens with zero attached hydrogens (tertiary/aromatic N) is 3. The summed E-state index contributed by atoms with van der Waals surface area (Å²) in [4.78, 5) is 31.0. The molecule has 0 unspecified atom stereocenters. The van der Waals surface area contributed by atoms with Gasteiger partial charge in [-0.1, -0.05) is 77.8 Å². The van der Waals surface area contributed by atoms with Gasteiger partial charge in [0.25, 0.3) is 11.5 Å². The van der Waals surface area contributed by atoms with Crippen molar-refractivity contribution in [2.24, 2.45) is 5.10 Å². The Labute approximate surface area is 240 Å². The van der Waals surface area contributed by atoms with Crippen LogP contribution < -0.4 is 15.6 Å². The number of para-hydroxylation sites is 1. The molecule has 8 heteroatoms. The molecule has 0 bridgehead atoms. The first-order valence-corrected chi connectivity index (χ1v) is 14.0. The minimum absolute atomic E-state index is 0.180. The molecule has 0 spiro atoms. The van der Waals surface area contributed by atoms with Crippen molar-refractivity contribution in [1.82, 2.24) is 9.66 Å². The van der Waals surface area contributed by atoms with Crippen LogP contribution in [-0.4, -0.2) is 28.4 Å². The van der Waals surface area contributed by atoms with E-state index >= 15 is 0 Å². The fourth-order valence-corrected chi connectivity index (χ4v) is 4.86. The summed E-state index contributed by atoms with van der Waals surface area (Å²) < 4.78 is 8.18. The molecule has 1 heterocycles. The zero-order valence-corrected chi connectivity index (χ0v) is 23.9. The standard InChI is InChI=1S/C32H29BrN4O3/c1-3-4-13-30-35-28-16-15-23(33)18-25(28)32(39)37(30)34-19-26-24-11-7-6-10-22(24)14-17-29(26)40-20-31(38)36-27-12-8-5-9-21(27)2/h5-12,14-19H,3-4,13,20H2,1-2H3,(H,36,38). The summed E-state index contributed by atoms with van der Waals surface area (Å²) in [5, 5.41) is 9.90. The van der Waals surface area contributed by atoms with Crippen LogP contribution in [0.3, 0.4) is 0 Å². The van der Waals surface area contributed by atoms with Crippen molar-refractivity contribution < 1.29 is 9.53 Å². The average Bonchev–Trinajstić information content (AvgIpc) is 2.96. The second kappa shape index (κ2) is 12.3. The Balaban J connectivity index is 1.52. The molecule has 1 amide bonds. The third kappa shape index (κ3) is 5.97. The highest BCUT2D eigenvalue weighted by molar-refractivity contribution is 9.10. The van der Waals surface area contributed by atoms with Gasteiger partial charge >= 0.3 is 0 Å². The smallest absolute Gasteiger partial charge is 0.282 e. The topological polar surface area (TPSA) is 85.6 Å². The van der Waals surface area contributed by atoms with E-state index < -0.39 is 0 Å². The molecule has 0 saturated carbocycles. The summed E-state index contributed by atoms with van der Waals surface area (Å²) in [7, 11) is 0. The van der Waals surface area contributed by atoms with Crippen molar-refractivity contribution in [2.75, 3.05) is 11.9 Å². The number of halogens is 1. The fourth-order valence-electron chi connectivity index (χ4n) is 4.50. The number of anilines is 1. The number of carbonyl (C=O) groups is 1. The average molecular weight is 598 g/mol. The summed E-state index contributed by atoms with van der Waals surface area (Å²) in [5.74, 6) is 0.813. The summed E-state index contributed by atoms with van der Waals surface area (Å²) >= 11 is 3.45. The highest BCUT2D eigenvalue weighted by Gasteiger charge is 2.14. The Morgan fingerprint density at radius 2 is 1.85 bits per heavy atom. The molecule has 0 aliphatic rings. The Morgan fingerprint density at radius 3 is 2.67 bits per heavy atom. The van der Waals surface area contributed by atoms with Crippen LogP contribution in [0.1, 0.15) is 36.7 Å². The molecule has 4 aromatic carbocycles. The number of hydrogen-bond donors (Lipinski definition) is 1. The Hall–Kier alpha value is -4.30. The summed E-state index contributed by atoms with van der Waals surface area (Å²) in [6, 6.07) is 24.7. The molecule has 0 radical (unpaired) electrons. The number of amides is 1. The Bertz CT molecular complexity index is 1800. The molecule has 5 aromatic rings. The van der Waals surface area contributed by atoms with Crippen LogP contribution >= 0.6 is 15.9 Å². The summed E-state index contributed by atoms with van der Waals surface area (Å²) in [5.41, 5.74) is 2.78. The number of aryl methyl sites for hydroxylation is 2. The van der Waals surface area contributed by atoms with Crippen LogP contribution in [-0.2, 0) is 11.2 Å². The van der Waals surface area contributed by atoms with Gasteiger partial charge < -0.3 is 10.1 Å². The number of aromatic nitrogens is 2. The zero-order chi connectivity index (χ0) is 28.1. The van der Waals surface area contributed by atoms with E-state index in [4.69, 9.17) is 9.72 Å². The van der Waals surface area contributed by atoms with Crippen molar-refractivity contribution in [3.63, 3.8) is 0 Å². The van der Waals surface area contributed by atoms with Crippen LogP contribution in [0.4, 0.5) is 5.69 Å². The highest BCUT2D eigenvalue weighted by atomic mass is 79.9. The second-order valence-corrected chi connectivity index (χ2v) is 10.4. The summed E-state index contributed by atoms with van der Waals surface area (Å²) in [6.07, 6.45) is 4.08. The van der Waals surface area contributed by atoms with Gasteiger partial charge in [0.15, 0.2) is 6.61 Å². The van der Waals surface area contributed by atoms with Crippen LogP contribution in [0.2, 0.25) is 0 Å². The van der Waals surface area contributed by atoms with E-state index in [1.807, 2.05) is 79.7 Å². The SMILES string of the molecule is CCCCc1nc2ccc(Br)cc2c(=O)n1N=Cc1c(OCC(=O)Nc2ccccc2C)ccc2ccccc12. The first-order chi connectivity index (χ1) is 19.4. The highest BCUT2D eigenvalue weighted by Crippen LogP contribution is 2.27. The van der Waals surface area contributed by atoms with Gasteiger partial charge in [-0.15, -0.1) is 0 Å². The molecule has 0 fully saturated rings. The van der Waals surface area contributed by atoms with Crippen molar-refractivity contribution >= 4 is 55.4 Å². The number of benzene rings is 4. The van der Waals surface area contributed by atoms with Gasteiger partial charge in [0.05, 0.1) is 17.1 Å². The Morgan fingerprint density at radius 1 is 1.05 bits per heavy atom. The number of ether oxygens (including phenoxy) is 1. The van der Waals surface area contributed by atoms with Gasteiger partial charge in [-0.2, -0.15) is 9.78 Å². The van der Waals surface area contributed by atoms with E-state index in [9.17, 15) is 9.59 Å². The molecule has 202 valence electrons. The molecule has 1 N–H and O–H groups in total. The second-order valence-electron chi connectivity index (χ2n) is 9.50. The molecular formula is C32H29BrN4O3. The maximum absolute atomic E-state index is 13.6. The number of nitrogens with one attached hydrogen (secondary N) is 1. The van der Waals surface area contributed by atoms with Crippen LogP contribution in [0.5, 0.6) is 5.75 Å². The third-order valence-corrected chi connectivity index (χ3v) is 7.13. The van der Waals surface area contributed by atoms with Crippen LogP contribution in [0.25, 0.3) is 21.7 Å². The normalized spacial score (nSPS) is 11.4. The number of carbonyl (C=O) groups excluding carboxylic acids is 1. The lowest BCUT2D eigenvalue weighted by atomic mass is 10.0. The van der Waals surface area contributed by atoms with Crippen molar-refractivity contribution in [1.29, 1.82) is 0 Å². The van der Waals surface area contributed by atoms with Gasteiger partial charge in [0.1, 0.15) is 11.6 Å². The monoisotopic (exact) mass is 596 g/mol. The van der Waals surface area contributed by atoms with E-state index in [0.29, 0.717) is 34.5 Å². The van der Waals surface area contributed by atoms with Crippen molar-refractivity contribution in [3.8, 4) is 5.75 Å². The lowest BCUT2D eigenvalue weighted by Gasteiger charge is -2.13. The van der Waals surface area contributed by atoms with Gasteiger partial charge in [0, 0.05) is 22.1 Å². The molecule has 0 saturated heterocycles. The molecule has 1 aromatic heterocycles. The maximum Gasteiger partial charge on any atom is 0.282 e. The largest absolute Gasteiger partial charge is 0.483 e. The maximum atomic E-state index is 13.6. The van der Waals surface area contributed by atoms with Gasteiger partial charge in [-0.05, 0) is 60.0 Å². The van der Waals surface area contributed by atoms with Crippen LogP contribution in [0.15, 0.2) is 93.2 Å². The van der Waals surface area contributed by atoms with E-state index in [2.05, 4.69) is 33.3 Å². The molecule has 0 aliphatic heterocycles. The Kier molecular flexibility index (Phi) is 8.36. The molecule has 0 aliphatic carbocycles. The predicted octanol–water partition coefficient (Wildman–Crippen LogP) is 6.86. The quantitative estimate of drug-likeness (QED) is 0.188. The van der Waals surface area contributed by atoms with E-state index in [1.54, 1.807) is 12.3 Å². The first kappa shape index (κ1) is 27.3. The van der Waals surface area contributed by atoms with Gasteiger partial charge in [-0.25, -0.2) is 4.98 Å². The van der Waals surface area contributed by atoms with Gasteiger partial charge in [-0.3, -0.25) is 9.59 Å². The molecule has 40 heavy (non-hydrogen) atoms. The minimum atomic E-state index is -0.271. The van der Waals surface area contributed by atoms with E-state index in [1.165, 1.54) is 4.68 Å². The van der Waals surface area contributed by atoms with E-state index in [0.717, 1.165) is 39.3 Å². The molecule has 5 rings (SSSR count). The van der Waals surface area contributed by atoms with E-state index in [-0.39, 0.29) is 18.1 Å². The van der Waals surface area contributed by atoms with Crippen molar-refractivity contribution in [3.05, 3.63) is 111 Å². The lowest BCUT2D eigenvalue weighted by Crippen LogP contribution is -2.23. The first-order valence-electron chi connectivity index (χ1n) is 13.2. The molecule has 0 atom stereocenters. The summed E-state index contributed by atoms with van der Waals surface area (Å²) in [6.45, 7) is 3.85. The minimum Gasteiger partial charge on any atom is -0.483 e. The van der Waals surface area contributed by atoms with Gasteiger partial charge in [0.2, 0.25) is 0 Å².